The van der Waals surface area contributed by atoms with Gasteiger partial charge >= 0.3 is 0 Å². The van der Waals surface area contributed by atoms with E-state index in [4.69, 9.17) is 10.5 Å². The zero-order valence-corrected chi connectivity index (χ0v) is 11.6. The summed E-state index contributed by atoms with van der Waals surface area (Å²) in [6, 6.07) is 3.43. The van der Waals surface area contributed by atoms with Crippen molar-refractivity contribution in [2.24, 2.45) is 7.05 Å². The van der Waals surface area contributed by atoms with Crippen LogP contribution in [-0.4, -0.2) is 25.3 Å². The van der Waals surface area contributed by atoms with Crippen molar-refractivity contribution in [3.8, 4) is 5.75 Å². The summed E-state index contributed by atoms with van der Waals surface area (Å²) in [6.45, 7) is 0. The van der Waals surface area contributed by atoms with Gasteiger partial charge in [0.2, 0.25) is 0 Å². The van der Waals surface area contributed by atoms with Gasteiger partial charge in [0.25, 0.3) is 10.0 Å². The van der Waals surface area contributed by atoms with Gasteiger partial charge in [-0.15, -0.1) is 0 Å². The van der Waals surface area contributed by atoms with Gasteiger partial charge in [-0.2, -0.15) is 5.10 Å². The number of benzene rings is 1. The lowest BCUT2D eigenvalue weighted by Gasteiger charge is -2.10. The molecule has 9 heteroatoms. The molecule has 0 fully saturated rings. The van der Waals surface area contributed by atoms with Crippen LogP contribution >= 0.6 is 0 Å². The number of methoxy groups -OCH3 is 1. The number of aromatic nitrogens is 2. The van der Waals surface area contributed by atoms with Gasteiger partial charge < -0.3 is 10.5 Å². The second kappa shape index (κ2) is 5.00. The van der Waals surface area contributed by atoms with Crippen LogP contribution < -0.4 is 15.2 Å². The van der Waals surface area contributed by atoms with Crippen LogP contribution in [0.15, 0.2) is 29.3 Å². The van der Waals surface area contributed by atoms with E-state index < -0.39 is 15.8 Å². The van der Waals surface area contributed by atoms with Gasteiger partial charge in [0.05, 0.1) is 17.7 Å². The number of nitrogen functional groups attached to an aromatic ring is 1. The van der Waals surface area contributed by atoms with Gasteiger partial charge in [-0.25, -0.2) is 12.8 Å². The molecule has 1 aromatic heterocycles. The molecule has 0 bridgehead atoms. The molecule has 1 aromatic carbocycles. The van der Waals surface area contributed by atoms with E-state index in [1.165, 1.54) is 17.9 Å². The fourth-order valence-corrected chi connectivity index (χ4v) is 2.67. The molecule has 20 heavy (non-hydrogen) atoms. The number of nitrogens with two attached hydrogens (primary N) is 1. The fraction of sp³-hybridized carbons (Fsp3) is 0.182. The van der Waals surface area contributed by atoms with Crippen LogP contribution in [0.1, 0.15) is 0 Å². The third kappa shape index (κ3) is 2.67. The van der Waals surface area contributed by atoms with Gasteiger partial charge in [0.15, 0.2) is 17.4 Å². The molecule has 0 saturated heterocycles. The molecule has 0 unspecified atom stereocenters. The van der Waals surface area contributed by atoms with Gasteiger partial charge in [-0.3, -0.25) is 9.40 Å². The van der Waals surface area contributed by atoms with Gasteiger partial charge in [0, 0.05) is 19.3 Å². The Hall–Kier alpha value is -2.29. The first-order valence-electron chi connectivity index (χ1n) is 5.49. The third-order valence-corrected chi connectivity index (χ3v) is 3.85. The number of hydrogen-bond donors (Lipinski definition) is 2. The van der Waals surface area contributed by atoms with E-state index in [-0.39, 0.29) is 22.2 Å². The van der Waals surface area contributed by atoms with Crippen molar-refractivity contribution < 1.29 is 17.5 Å². The molecule has 0 aliphatic carbocycles. The molecule has 1 heterocycles. The Kier molecular flexibility index (Phi) is 3.53. The van der Waals surface area contributed by atoms with Gasteiger partial charge in [-0.05, 0) is 12.1 Å². The summed E-state index contributed by atoms with van der Waals surface area (Å²) >= 11 is 0. The monoisotopic (exact) mass is 300 g/mol. The van der Waals surface area contributed by atoms with Crippen molar-refractivity contribution in [3.05, 3.63) is 30.2 Å². The summed E-state index contributed by atoms with van der Waals surface area (Å²) in [5, 5.41) is 3.88. The van der Waals surface area contributed by atoms with Crippen LogP contribution in [0.4, 0.5) is 15.9 Å². The molecule has 0 aliphatic rings. The lowest BCUT2D eigenvalue weighted by atomic mass is 10.3. The Balaban J connectivity index is 2.39. The summed E-state index contributed by atoms with van der Waals surface area (Å²) in [7, 11) is -1.08. The quantitative estimate of drug-likeness (QED) is 0.819. The maximum absolute atomic E-state index is 13.7. The number of aryl methyl sites for hydroxylation is 1. The van der Waals surface area contributed by atoms with Crippen molar-refractivity contribution in [2.45, 2.75) is 4.90 Å². The Morgan fingerprint density at radius 2 is 2.15 bits per heavy atom. The maximum atomic E-state index is 13.7. The minimum atomic E-state index is -3.97. The molecule has 0 aliphatic heterocycles. The Morgan fingerprint density at radius 3 is 2.65 bits per heavy atom. The average molecular weight is 300 g/mol. The van der Waals surface area contributed by atoms with Crippen LogP contribution in [-0.2, 0) is 17.1 Å². The predicted octanol–water partition coefficient (Wildman–Crippen LogP) is 0.951. The molecule has 0 radical (unpaired) electrons. The van der Waals surface area contributed by atoms with Crippen LogP contribution in [0.5, 0.6) is 5.75 Å². The second-order valence-corrected chi connectivity index (χ2v) is 5.69. The summed E-state index contributed by atoms with van der Waals surface area (Å²) in [6.07, 6.45) is 1.57. The van der Waals surface area contributed by atoms with Crippen molar-refractivity contribution >= 4 is 21.5 Å². The van der Waals surface area contributed by atoms with Gasteiger partial charge in [0.1, 0.15) is 0 Å². The van der Waals surface area contributed by atoms with Gasteiger partial charge in [-0.1, -0.05) is 0 Å². The van der Waals surface area contributed by atoms with Crippen LogP contribution in [0, 0.1) is 5.82 Å². The SMILES string of the molecule is COc1c(N)cc(S(=O)(=O)Nc2ccn(C)n2)cc1F. The Labute approximate surface area is 115 Å². The van der Waals surface area contributed by atoms with Crippen LogP contribution in [0.25, 0.3) is 0 Å². The topological polar surface area (TPSA) is 99.2 Å². The van der Waals surface area contributed by atoms with E-state index in [0.29, 0.717) is 0 Å². The van der Waals surface area contributed by atoms with Crippen molar-refractivity contribution in [3.63, 3.8) is 0 Å². The van der Waals surface area contributed by atoms with Crippen LogP contribution in [0.2, 0.25) is 0 Å². The molecule has 2 aromatic rings. The maximum Gasteiger partial charge on any atom is 0.263 e. The largest absolute Gasteiger partial charge is 0.492 e. The molecule has 0 spiro atoms. The number of sulfonamides is 1. The smallest absolute Gasteiger partial charge is 0.263 e. The Bertz CT molecular complexity index is 719. The highest BCUT2D eigenvalue weighted by Gasteiger charge is 2.20. The van der Waals surface area contributed by atoms with Crippen LogP contribution in [0.3, 0.4) is 0 Å². The molecule has 7 nitrogen and oxygen atoms in total. The number of nitrogens with zero attached hydrogens (tertiary/aromatic N) is 2. The molecule has 108 valence electrons. The highest BCUT2D eigenvalue weighted by Crippen LogP contribution is 2.29. The van der Waals surface area contributed by atoms with E-state index in [1.54, 1.807) is 13.2 Å². The minimum Gasteiger partial charge on any atom is -0.492 e. The van der Waals surface area contributed by atoms with E-state index in [2.05, 4.69) is 9.82 Å². The van der Waals surface area contributed by atoms with E-state index >= 15 is 0 Å². The summed E-state index contributed by atoms with van der Waals surface area (Å²) < 4.78 is 46.2. The molecular weight excluding hydrogens is 287 g/mol. The number of anilines is 2. The zero-order chi connectivity index (χ0) is 14.9. The average Bonchev–Trinajstić information content (AvgIpc) is 2.73. The van der Waals surface area contributed by atoms with E-state index in [1.807, 2.05) is 0 Å². The number of rotatable bonds is 4. The summed E-state index contributed by atoms with van der Waals surface area (Å²) in [5.41, 5.74) is 5.45. The summed E-state index contributed by atoms with van der Waals surface area (Å²) in [4.78, 5) is -0.307. The molecular formula is C11H13FN4O3S. The highest BCUT2D eigenvalue weighted by molar-refractivity contribution is 7.92. The molecule has 0 amide bonds. The number of ether oxygens (including phenoxy) is 1. The second-order valence-electron chi connectivity index (χ2n) is 4.01. The fourth-order valence-electron chi connectivity index (χ4n) is 1.63. The third-order valence-electron chi connectivity index (χ3n) is 2.51. The molecule has 2 rings (SSSR count). The first-order valence-corrected chi connectivity index (χ1v) is 6.97. The number of halogens is 1. The number of nitrogens with one attached hydrogen (secondary N) is 1. The standard InChI is InChI=1S/C11H13FN4O3S/c1-16-4-3-10(14-16)15-20(17,18)7-5-8(12)11(19-2)9(13)6-7/h3-6H,13H2,1-2H3,(H,14,15). The highest BCUT2D eigenvalue weighted by atomic mass is 32.2. The van der Waals surface area contributed by atoms with E-state index in [0.717, 1.165) is 12.1 Å². The first-order chi connectivity index (χ1) is 9.33. The lowest BCUT2D eigenvalue weighted by molar-refractivity contribution is 0.388. The molecule has 3 N–H and O–H groups in total. The molecule has 0 atom stereocenters. The van der Waals surface area contributed by atoms with Crippen molar-refractivity contribution in [1.29, 1.82) is 0 Å². The van der Waals surface area contributed by atoms with Crippen molar-refractivity contribution in [1.82, 2.24) is 9.78 Å². The predicted molar refractivity (Wildman–Crippen MR) is 71.4 cm³/mol. The minimum absolute atomic E-state index is 0.103. The zero-order valence-electron chi connectivity index (χ0n) is 10.8. The molecule has 0 saturated carbocycles. The number of hydrogen-bond acceptors (Lipinski definition) is 5. The summed E-state index contributed by atoms with van der Waals surface area (Å²) in [5.74, 6) is -0.919. The lowest BCUT2D eigenvalue weighted by Crippen LogP contribution is -2.14. The normalized spacial score (nSPS) is 11.3. The van der Waals surface area contributed by atoms with E-state index in [9.17, 15) is 12.8 Å². The van der Waals surface area contributed by atoms with Crippen molar-refractivity contribution in [2.75, 3.05) is 17.6 Å². The Morgan fingerprint density at radius 1 is 1.45 bits per heavy atom. The first kappa shape index (κ1) is 14.1.